The smallest absolute Gasteiger partial charge is 0.349 e. The number of rotatable bonds is 10. The lowest BCUT2D eigenvalue weighted by Gasteiger charge is -2.15. The van der Waals surface area contributed by atoms with E-state index in [4.69, 9.17) is 9.47 Å². The maximum Gasteiger partial charge on any atom is 0.349 e. The molecule has 0 spiro atoms. The molecule has 3 rings (SSSR count). The first kappa shape index (κ1) is 28.8. The Morgan fingerprint density at radius 1 is 0.605 bits per heavy atom. The number of esters is 3. The lowest BCUT2D eigenvalue weighted by atomic mass is 9.97. The van der Waals surface area contributed by atoms with Gasteiger partial charge in [-0.2, -0.15) is 0 Å². The zero-order valence-corrected chi connectivity index (χ0v) is 23.2. The lowest BCUT2D eigenvalue weighted by Crippen LogP contribution is -2.21. The molecule has 0 saturated carbocycles. The molecule has 0 aliphatic carbocycles. The van der Waals surface area contributed by atoms with Gasteiger partial charge in [0, 0.05) is 0 Å². The van der Waals surface area contributed by atoms with Crippen LogP contribution in [0.25, 0.3) is 0 Å². The molecule has 5 nitrogen and oxygen atoms in total. The summed E-state index contributed by atoms with van der Waals surface area (Å²) >= 11 is 0. The molecule has 0 fully saturated rings. The van der Waals surface area contributed by atoms with Crippen LogP contribution in [0.3, 0.4) is 0 Å². The fourth-order valence-electron chi connectivity index (χ4n) is 4.26. The van der Waals surface area contributed by atoms with E-state index in [1.807, 2.05) is 48.5 Å². The molecule has 3 aromatic carbocycles. The molecule has 0 bridgehead atoms. The van der Waals surface area contributed by atoms with Crippen molar-refractivity contribution in [2.24, 2.45) is 11.8 Å². The Morgan fingerprint density at radius 2 is 1.05 bits per heavy atom. The van der Waals surface area contributed by atoms with Crippen molar-refractivity contribution < 1.29 is 23.9 Å². The van der Waals surface area contributed by atoms with Crippen LogP contribution >= 0.6 is 0 Å². The summed E-state index contributed by atoms with van der Waals surface area (Å²) in [5.74, 6) is -2.03. The SMILES string of the molecule is CC(C)Cc1ccc([C@H](C)C(=O)OC(=O)c2ccccc2OC(=O)[C@@H](C)c2ccc(CC(C)C)cc2)cc1. The predicted molar refractivity (Wildman–Crippen MR) is 149 cm³/mol. The summed E-state index contributed by atoms with van der Waals surface area (Å²) in [6.45, 7) is 12.1. The van der Waals surface area contributed by atoms with E-state index in [0.29, 0.717) is 11.8 Å². The second-order valence-electron chi connectivity index (χ2n) is 10.7. The van der Waals surface area contributed by atoms with E-state index >= 15 is 0 Å². The summed E-state index contributed by atoms with van der Waals surface area (Å²) in [6, 6.07) is 22.0. The molecule has 0 heterocycles. The molecule has 38 heavy (non-hydrogen) atoms. The fourth-order valence-corrected chi connectivity index (χ4v) is 4.26. The zero-order valence-electron chi connectivity index (χ0n) is 23.2. The molecule has 0 radical (unpaired) electrons. The molecule has 0 amide bonds. The highest BCUT2D eigenvalue weighted by Gasteiger charge is 2.25. The second kappa shape index (κ2) is 13.2. The van der Waals surface area contributed by atoms with Crippen LogP contribution in [-0.2, 0) is 27.2 Å². The van der Waals surface area contributed by atoms with Crippen molar-refractivity contribution in [2.75, 3.05) is 0 Å². The van der Waals surface area contributed by atoms with Crippen molar-refractivity contribution in [3.8, 4) is 5.75 Å². The van der Waals surface area contributed by atoms with Crippen LogP contribution in [0.5, 0.6) is 5.75 Å². The summed E-state index contributed by atoms with van der Waals surface area (Å²) in [6.07, 6.45) is 1.92. The van der Waals surface area contributed by atoms with Crippen LogP contribution < -0.4 is 4.74 Å². The average Bonchev–Trinajstić information content (AvgIpc) is 2.88. The Hall–Kier alpha value is -3.73. The van der Waals surface area contributed by atoms with Gasteiger partial charge in [0.25, 0.3) is 0 Å². The van der Waals surface area contributed by atoms with E-state index in [1.165, 1.54) is 23.3 Å². The van der Waals surface area contributed by atoms with Crippen LogP contribution in [-0.4, -0.2) is 17.9 Å². The van der Waals surface area contributed by atoms with Crippen LogP contribution in [0.2, 0.25) is 0 Å². The van der Waals surface area contributed by atoms with E-state index in [2.05, 4.69) is 27.7 Å². The molecule has 0 aromatic heterocycles. The van der Waals surface area contributed by atoms with Crippen molar-refractivity contribution >= 4 is 17.9 Å². The van der Waals surface area contributed by atoms with Gasteiger partial charge in [-0.25, -0.2) is 4.79 Å². The van der Waals surface area contributed by atoms with Crippen molar-refractivity contribution in [1.82, 2.24) is 0 Å². The number of hydrogen-bond donors (Lipinski definition) is 0. The standard InChI is InChI=1S/C33H38O5/c1-21(2)19-25-11-15-27(16-12-25)23(5)31(34)37-30-10-8-7-9-29(30)33(36)38-32(35)24(6)28-17-13-26(14-18-28)20-22(3)4/h7-18,21-24H,19-20H2,1-6H3/t23-,24-/m0/s1. The predicted octanol–water partition coefficient (Wildman–Crippen LogP) is 7.28. The van der Waals surface area contributed by atoms with Gasteiger partial charge in [-0.1, -0.05) is 88.4 Å². The summed E-state index contributed by atoms with van der Waals surface area (Å²) in [5, 5.41) is 0. The number of para-hydroxylation sites is 1. The summed E-state index contributed by atoms with van der Waals surface area (Å²) in [7, 11) is 0. The minimum absolute atomic E-state index is 0.0214. The lowest BCUT2D eigenvalue weighted by molar-refractivity contribution is -0.139. The highest BCUT2D eigenvalue weighted by molar-refractivity contribution is 6.00. The van der Waals surface area contributed by atoms with Gasteiger partial charge in [0.2, 0.25) is 0 Å². The van der Waals surface area contributed by atoms with Crippen molar-refractivity contribution in [3.05, 3.63) is 101 Å². The first-order valence-corrected chi connectivity index (χ1v) is 13.3. The van der Waals surface area contributed by atoms with Crippen LogP contribution in [0, 0.1) is 11.8 Å². The van der Waals surface area contributed by atoms with Gasteiger partial charge in [0.15, 0.2) is 0 Å². The van der Waals surface area contributed by atoms with E-state index in [1.54, 1.807) is 26.0 Å². The molecule has 0 saturated heterocycles. The van der Waals surface area contributed by atoms with Gasteiger partial charge >= 0.3 is 17.9 Å². The van der Waals surface area contributed by atoms with Gasteiger partial charge in [-0.05, 0) is 72.9 Å². The quantitative estimate of drug-likeness (QED) is 0.162. The Bertz CT molecular complexity index is 1240. The Labute approximate surface area is 226 Å². The molecule has 0 aliphatic heterocycles. The monoisotopic (exact) mass is 514 g/mol. The maximum absolute atomic E-state index is 12.9. The van der Waals surface area contributed by atoms with Crippen molar-refractivity contribution in [3.63, 3.8) is 0 Å². The number of hydrogen-bond acceptors (Lipinski definition) is 5. The van der Waals surface area contributed by atoms with Gasteiger partial charge in [-0.15, -0.1) is 0 Å². The van der Waals surface area contributed by atoms with E-state index < -0.39 is 29.7 Å². The van der Waals surface area contributed by atoms with E-state index in [-0.39, 0.29) is 11.3 Å². The first-order chi connectivity index (χ1) is 18.0. The molecule has 2 atom stereocenters. The van der Waals surface area contributed by atoms with Crippen LogP contribution in [0.15, 0.2) is 72.8 Å². The van der Waals surface area contributed by atoms with Gasteiger partial charge in [0.1, 0.15) is 11.3 Å². The highest BCUT2D eigenvalue weighted by Crippen LogP contribution is 2.25. The molecular formula is C33H38O5. The van der Waals surface area contributed by atoms with E-state index in [0.717, 1.165) is 24.0 Å². The third-order valence-corrected chi connectivity index (χ3v) is 6.47. The number of benzene rings is 3. The number of ether oxygens (including phenoxy) is 2. The Morgan fingerprint density at radius 3 is 1.53 bits per heavy atom. The molecule has 5 heteroatoms. The topological polar surface area (TPSA) is 69.7 Å². The normalized spacial score (nSPS) is 12.7. The number of carbonyl (C=O) groups is 3. The third kappa shape index (κ3) is 7.88. The minimum Gasteiger partial charge on any atom is -0.425 e. The van der Waals surface area contributed by atoms with Crippen LogP contribution in [0.1, 0.15) is 86.0 Å². The van der Waals surface area contributed by atoms with Gasteiger partial charge < -0.3 is 9.47 Å². The second-order valence-corrected chi connectivity index (χ2v) is 10.7. The molecule has 0 aliphatic rings. The number of carbonyl (C=O) groups excluding carboxylic acids is 3. The zero-order chi connectivity index (χ0) is 27.8. The van der Waals surface area contributed by atoms with E-state index in [9.17, 15) is 14.4 Å². The minimum atomic E-state index is -0.854. The van der Waals surface area contributed by atoms with Gasteiger partial charge in [0.05, 0.1) is 11.8 Å². The summed E-state index contributed by atoms with van der Waals surface area (Å²) < 4.78 is 10.8. The van der Waals surface area contributed by atoms with Crippen molar-refractivity contribution in [1.29, 1.82) is 0 Å². The first-order valence-electron chi connectivity index (χ1n) is 13.3. The largest absolute Gasteiger partial charge is 0.425 e. The van der Waals surface area contributed by atoms with Crippen LogP contribution in [0.4, 0.5) is 0 Å². The van der Waals surface area contributed by atoms with Crippen molar-refractivity contribution in [2.45, 2.75) is 66.2 Å². The fraction of sp³-hybridized carbons (Fsp3) is 0.364. The Balaban J connectivity index is 1.66. The molecule has 0 unspecified atom stereocenters. The summed E-state index contributed by atoms with van der Waals surface area (Å²) in [4.78, 5) is 38.6. The average molecular weight is 515 g/mol. The highest BCUT2D eigenvalue weighted by atomic mass is 16.6. The third-order valence-electron chi connectivity index (χ3n) is 6.47. The maximum atomic E-state index is 12.9. The Kier molecular flexibility index (Phi) is 10.0. The molecule has 0 N–H and O–H groups in total. The summed E-state index contributed by atoms with van der Waals surface area (Å²) in [5.41, 5.74) is 4.02. The molecule has 200 valence electrons. The van der Waals surface area contributed by atoms with Gasteiger partial charge in [-0.3, -0.25) is 9.59 Å². The molecular weight excluding hydrogens is 476 g/mol. The molecule has 3 aromatic rings.